The monoisotopic (exact) mass is 161 g/mol. The van der Waals surface area contributed by atoms with Crippen molar-refractivity contribution in [2.45, 2.75) is 5.16 Å². The fraction of sp³-hybridized carbons (Fsp3) is 0.250. The third-order valence-corrected chi connectivity index (χ3v) is 2.05. The second-order valence-electron chi connectivity index (χ2n) is 1.63. The predicted octanol–water partition coefficient (Wildman–Crippen LogP) is -0.429. The van der Waals surface area contributed by atoms with Gasteiger partial charge in [0.1, 0.15) is 0 Å². The maximum Gasteiger partial charge on any atom is 0.238 e. The van der Waals surface area contributed by atoms with Crippen LogP contribution >= 0.6 is 0 Å². The van der Waals surface area contributed by atoms with Crippen LogP contribution in [0.4, 0.5) is 0 Å². The normalized spacial score (nSPS) is 11.7. The lowest BCUT2D eigenvalue weighted by molar-refractivity contribution is 0.249. The molecule has 10 heavy (non-hydrogen) atoms. The van der Waals surface area contributed by atoms with Crippen LogP contribution in [0.3, 0.4) is 0 Å². The minimum absolute atomic E-state index is 0.262. The summed E-state index contributed by atoms with van der Waals surface area (Å²) in [5.41, 5.74) is 0. The average Bonchev–Trinajstić information content (AvgIpc) is 2.38. The van der Waals surface area contributed by atoms with Crippen molar-refractivity contribution in [2.24, 2.45) is 0 Å². The Labute approximate surface area is 57.6 Å². The number of hydrogen-bond acceptors (Lipinski definition) is 3. The lowest BCUT2D eigenvalue weighted by Crippen LogP contribution is -2.06. The van der Waals surface area contributed by atoms with Gasteiger partial charge in [0.15, 0.2) is 5.94 Å². The molecule has 1 heterocycles. The van der Waals surface area contributed by atoms with Crippen molar-refractivity contribution < 1.29 is 13.5 Å². The Bertz CT molecular complexity index is 288. The average molecular weight is 161 g/mol. The van der Waals surface area contributed by atoms with Gasteiger partial charge in [0.25, 0.3) is 0 Å². The van der Waals surface area contributed by atoms with Gasteiger partial charge >= 0.3 is 0 Å². The van der Waals surface area contributed by atoms with E-state index in [1.807, 2.05) is 0 Å². The number of H-pyrrole nitrogens is 1. The van der Waals surface area contributed by atoms with Gasteiger partial charge in [-0.3, -0.25) is 0 Å². The van der Waals surface area contributed by atoms with Crippen molar-refractivity contribution >= 4 is 9.84 Å². The quantitative estimate of drug-likeness (QED) is 0.638. The van der Waals surface area contributed by atoms with Crippen molar-refractivity contribution in [1.82, 2.24) is 9.97 Å². The number of sulfone groups is 1. The molecule has 0 aliphatic rings. The summed E-state index contributed by atoms with van der Waals surface area (Å²) < 4.78 is 21.3. The molecule has 1 aromatic rings. The van der Waals surface area contributed by atoms with Crippen LogP contribution in [0.1, 0.15) is 0 Å². The van der Waals surface area contributed by atoms with Gasteiger partial charge in [-0.15, -0.1) is 0 Å². The summed E-state index contributed by atoms with van der Waals surface area (Å²) in [6.07, 6.45) is 2.63. The first kappa shape index (κ1) is 7.23. The highest BCUT2D eigenvalue weighted by molar-refractivity contribution is 7.91. The summed E-state index contributed by atoms with van der Waals surface area (Å²) in [6.45, 7) is 0. The first-order valence-electron chi connectivity index (χ1n) is 2.47. The second-order valence-corrected chi connectivity index (χ2v) is 3.48. The van der Waals surface area contributed by atoms with Crippen LogP contribution in [-0.2, 0) is 14.9 Å². The van der Waals surface area contributed by atoms with Crippen molar-refractivity contribution in [2.75, 3.05) is 5.94 Å². The summed E-state index contributed by atoms with van der Waals surface area (Å²) >= 11 is 0. The van der Waals surface area contributed by atoms with Gasteiger partial charge in [-0.1, -0.05) is 0 Å². The van der Waals surface area contributed by atoms with E-state index in [9.17, 15) is 13.5 Å². The molecule has 0 unspecified atom stereocenters. The fourth-order valence-electron chi connectivity index (χ4n) is 0.477. The van der Waals surface area contributed by atoms with Crippen LogP contribution in [0.25, 0.3) is 0 Å². The molecule has 55 valence electrons. The van der Waals surface area contributed by atoms with E-state index in [-0.39, 0.29) is 5.16 Å². The number of hydrogen-bond donors (Lipinski definition) is 1. The minimum Gasteiger partial charge on any atom is -0.335 e. The van der Waals surface area contributed by atoms with Gasteiger partial charge in [0.05, 0.1) is 0 Å². The smallest absolute Gasteiger partial charge is 0.238 e. The van der Waals surface area contributed by atoms with Crippen molar-refractivity contribution in [3.8, 4) is 0 Å². The van der Waals surface area contributed by atoms with Gasteiger partial charge in [0.2, 0.25) is 15.0 Å². The molecule has 1 aromatic heterocycles. The molecule has 0 saturated carbocycles. The Kier molecular flexibility index (Phi) is 1.73. The van der Waals surface area contributed by atoms with Gasteiger partial charge in [-0.2, -0.15) is 0 Å². The highest BCUT2D eigenvalue weighted by Crippen LogP contribution is 2.00. The van der Waals surface area contributed by atoms with Gasteiger partial charge in [0, 0.05) is 12.4 Å². The largest absolute Gasteiger partial charge is 0.335 e. The SMILES string of the molecule is [O]CS(=O)(=O)c1ncc[nH]1. The van der Waals surface area contributed by atoms with Gasteiger partial charge < -0.3 is 4.98 Å². The zero-order valence-corrected chi connectivity index (χ0v) is 5.76. The lowest BCUT2D eigenvalue weighted by Gasteiger charge is -1.90. The number of aromatic nitrogens is 2. The third kappa shape index (κ3) is 1.17. The van der Waals surface area contributed by atoms with Crippen LogP contribution in [-0.4, -0.2) is 24.3 Å². The Morgan fingerprint density at radius 2 is 2.30 bits per heavy atom. The Hall–Kier alpha value is -0.880. The van der Waals surface area contributed by atoms with Crippen LogP contribution < -0.4 is 0 Å². The molecular formula is C4H5N2O3S. The number of rotatable bonds is 2. The van der Waals surface area contributed by atoms with E-state index in [0.29, 0.717) is 0 Å². The molecule has 0 aliphatic heterocycles. The molecular weight excluding hydrogens is 156 g/mol. The molecule has 0 aliphatic carbocycles. The predicted molar refractivity (Wildman–Crippen MR) is 31.3 cm³/mol. The molecule has 0 fully saturated rings. The van der Waals surface area contributed by atoms with Crippen LogP contribution in [0.5, 0.6) is 0 Å². The molecule has 6 heteroatoms. The first-order valence-corrected chi connectivity index (χ1v) is 4.12. The highest BCUT2D eigenvalue weighted by Gasteiger charge is 2.15. The molecule has 1 radical (unpaired) electrons. The topological polar surface area (TPSA) is 82.7 Å². The fourth-order valence-corrected chi connectivity index (χ4v) is 1.06. The molecule has 0 aromatic carbocycles. The molecule has 0 atom stereocenters. The molecule has 1 N–H and O–H groups in total. The molecule has 0 amide bonds. The molecule has 0 bridgehead atoms. The van der Waals surface area contributed by atoms with Crippen molar-refractivity contribution in [3.05, 3.63) is 12.4 Å². The van der Waals surface area contributed by atoms with E-state index < -0.39 is 15.8 Å². The zero-order valence-electron chi connectivity index (χ0n) is 4.94. The van der Waals surface area contributed by atoms with Gasteiger partial charge in [-0.05, 0) is 0 Å². The van der Waals surface area contributed by atoms with E-state index in [1.165, 1.54) is 12.4 Å². The van der Waals surface area contributed by atoms with E-state index in [4.69, 9.17) is 0 Å². The number of nitrogens with one attached hydrogen (secondary N) is 1. The Balaban J connectivity index is 3.09. The zero-order chi connectivity index (χ0) is 7.61. The molecule has 5 nitrogen and oxygen atoms in total. The summed E-state index contributed by atoms with van der Waals surface area (Å²) in [5, 5.41) is 9.74. The number of nitrogens with zero attached hydrogens (tertiary/aromatic N) is 1. The van der Waals surface area contributed by atoms with Gasteiger partial charge in [-0.25, -0.2) is 18.5 Å². The minimum atomic E-state index is -3.68. The number of aromatic amines is 1. The summed E-state index contributed by atoms with van der Waals surface area (Å²) in [7, 11) is -3.68. The van der Waals surface area contributed by atoms with Crippen molar-refractivity contribution in [3.63, 3.8) is 0 Å². The Morgan fingerprint density at radius 1 is 1.60 bits per heavy atom. The van der Waals surface area contributed by atoms with Crippen molar-refractivity contribution in [1.29, 1.82) is 0 Å². The molecule has 0 saturated heterocycles. The maximum atomic E-state index is 10.7. The van der Waals surface area contributed by atoms with E-state index in [1.54, 1.807) is 0 Å². The maximum absolute atomic E-state index is 10.7. The molecule has 1 rings (SSSR count). The van der Waals surface area contributed by atoms with Crippen LogP contribution in [0.15, 0.2) is 17.6 Å². The van der Waals surface area contributed by atoms with Crippen LogP contribution in [0, 0.1) is 0 Å². The third-order valence-electron chi connectivity index (χ3n) is 0.923. The lowest BCUT2D eigenvalue weighted by atomic mass is 11.0. The second kappa shape index (κ2) is 2.39. The molecule has 0 spiro atoms. The number of imidazole rings is 1. The summed E-state index contributed by atoms with van der Waals surface area (Å²) in [4.78, 5) is 5.74. The van der Waals surface area contributed by atoms with E-state index in [2.05, 4.69) is 9.97 Å². The Morgan fingerprint density at radius 3 is 2.70 bits per heavy atom. The standard InChI is InChI=1S/C4H5N2O3S/c7-3-10(8,9)4-5-1-2-6-4/h1-2H,3H2,(H,5,6). The van der Waals surface area contributed by atoms with E-state index >= 15 is 0 Å². The van der Waals surface area contributed by atoms with Crippen LogP contribution in [0.2, 0.25) is 0 Å². The van der Waals surface area contributed by atoms with E-state index in [0.717, 1.165) is 0 Å². The summed E-state index contributed by atoms with van der Waals surface area (Å²) in [6, 6.07) is 0. The highest BCUT2D eigenvalue weighted by atomic mass is 32.2. The summed E-state index contributed by atoms with van der Waals surface area (Å²) in [5.74, 6) is -1.17. The first-order chi connectivity index (χ1) is 4.67.